The second-order valence-corrected chi connectivity index (χ2v) is 11.7. The number of likely N-dealkylation sites (tertiary alicyclic amines) is 1. The first-order valence-electron chi connectivity index (χ1n) is 14.3. The molecule has 0 saturated carbocycles. The van der Waals surface area contributed by atoms with Crippen LogP contribution in [-0.4, -0.2) is 71.6 Å². The SMILES string of the molecule is CN(C)CCN1CCC(NC(=O)c2ccc(-n3c(=O)ccc4cnc5ccc(-c6ccc(Cl)cc6)cc5c43)cc2)CC1. The van der Waals surface area contributed by atoms with E-state index < -0.39 is 0 Å². The summed E-state index contributed by atoms with van der Waals surface area (Å²) < 4.78 is 1.70. The van der Waals surface area contributed by atoms with Gasteiger partial charge in [-0.05, 0) is 92.7 Å². The number of rotatable bonds is 7. The van der Waals surface area contributed by atoms with Crippen LogP contribution in [0.5, 0.6) is 0 Å². The fourth-order valence-corrected chi connectivity index (χ4v) is 5.79. The zero-order chi connectivity index (χ0) is 29.2. The Kier molecular flexibility index (Phi) is 8.07. The van der Waals surface area contributed by atoms with Crippen molar-refractivity contribution in [1.82, 2.24) is 24.7 Å². The van der Waals surface area contributed by atoms with Gasteiger partial charge in [0.1, 0.15) is 0 Å². The molecule has 0 unspecified atom stereocenters. The molecular weight excluding hydrogens is 546 g/mol. The molecule has 6 rings (SSSR count). The predicted octanol–water partition coefficient (Wildman–Crippen LogP) is 5.62. The van der Waals surface area contributed by atoms with Crippen molar-refractivity contribution in [2.24, 2.45) is 0 Å². The molecular formula is C34H34ClN5O2. The Morgan fingerprint density at radius 1 is 0.952 bits per heavy atom. The highest BCUT2D eigenvalue weighted by Crippen LogP contribution is 2.30. The van der Waals surface area contributed by atoms with Crippen LogP contribution in [0.3, 0.4) is 0 Å². The Labute approximate surface area is 250 Å². The molecule has 7 nitrogen and oxygen atoms in total. The molecule has 1 aliphatic rings. The fourth-order valence-electron chi connectivity index (χ4n) is 5.66. The van der Waals surface area contributed by atoms with Crippen LogP contribution in [-0.2, 0) is 0 Å². The first-order chi connectivity index (χ1) is 20.4. The number of aromatic nitrogens is 2. The first kappa shape index (κ1) is 28.1. The van der Waals surface area contributed by atoms with Gasteiger partial charge in [0.2, 0.25) is 0 Å². The number of hydrogen-bond acceptors (Lipinski definition) is 5. The van der Waals surface area contributed by atoms with Gasteiger partial charge < -0.3 is 15.1 Å². The van der Waals surface area contributed by atoms with Gasteiger partial charge in [0, 0.05) is 71.5 Å². The zero-order valence-electron chi connectivity index (χ0n) is 23.9. The monoisotopic (exact) mass is 579 g/mol. The maximum atomic E-state index is 13.3. The van der Waals surface area contributed by atoms with E-state index in [0.717, 1.165) is 72.0 Å². The second-order valence-electron chi connectivity index (χ2n) is 11.2. The van der Waals surface area contributed by atoms with E-state index in [0.29, 0.717) is 16.3 Å². The highest BCUT2D eigenvalue weighted by molar-refractivity contribution is 6.30. The molecule has 42 heavy (non-hydrogen) atoms. The Morgan fingerprint density at radius 2 is 1.67 bits per heavy atom. The van der Waals surface area contributed by atoms with E-state index >= 15 is 0 Å². The molecule has 5 aromatic rings. The largest absolute Gasteiger partial charge is 0.349 e. The predicted molar refractivity (Wildman–Crippen MR) is 171 cm³/mol. The van der Waals surface area contributed by atoms with E-state index in [2.05, 4.69) is 40.3 Å². The van der Waals surface area contributed by atoms with E-state index in [1.165, 1.54) is 0 Å². The lowest BCUT2D eigenvalue weighted by Crippen LogP contribution is -2.46. The molecule has 3 heterocycles. The molecule has 1 N–H and O–H groups in total. The van der Waals surface area contributed by atoms with Gasteiger partial charge in [-0.3, -0.25) is 19.1 Å². The van der Waals surface area contributed by atoms with Crippen molar-refractivity contribution < 1.29 is 4.79 Å². The summed E-state index contributed by atoms with van der Waals surface area (Å²) in [4.78, 5) is 35.7. The summed E-state index contributed by atoms with van der Waals surface area (Å²) >= 11 is 6.11. The van der Waals surface area contributed by atoms with Crippen molar-refractivity contribution in [3.8, 4) is 16.8 Å². The number of likely N-dealkylation sites (N-methyl/N-ethyl adjacent to an activating group) is 1. The normalized spacial score (nSPS) is 14.6. The lowest BCUT2D eigenvalue weighted by atomic mass is 10.0. The number of halogens is 1. The van der Waals surface area contributed by atoms with Gasteiger partial charge in [-0.1, -0.05) is 29.8 Å². The highest BCUT2D eigenvalue weighted by Gasteiger charge is 2.21. The number of amides is 1. The minimum absolute atomic E-state index is 0.0826. The van der Waals surface area contributed by atoms with E-state index in [1.54, 1.807) is 29.0 Å². The molecule has 0 spiro atoms. The molecule has 214 valence electrons. The van der Waals surface area contributed by atoms with E-state index in [4.69, 9.17) is 11.6 Å². The summed E-state index contributed by atoms with van der Waals surface area (Å²) in [6.07, 6.45) is 3.69. The molecule has 0 radical (unpaired) electrons. The van der Waals surface area contributed by atoms with Crippen molar-refractivity contribution in [3.05, 3.63) is 106 Å². The third kappa shape index (κ3) is 5.95. The number of hydrogen-bond donors (Lipinski definition) is 1. The summed E-state index contributed by atoms with van der Waals surface area (Å²) in [7, 11) is 4.18. The van der Waals surface area contributed by atoms with Crippen molar-refractivity contribution in [2.45, 2.75) is 18.9 Å². The van der Waals surface area contributed by atoms with Crippen LogP contribution in [0, 0.1) is 0 Å². The Balaban J connectivity index is 1.27. The van der Waals surface area contributed by atoms with Crippen LogP contribution >= 0.6 is 11.6 Å². The summed E-state index contributed by atoms with van der Waals surface area (Å²) in [5.74, 6) is -0.0826. The van der Waals surface area contributed by atoms with Gasteiger partial charge in [0.05, 0.1) is 11.0 Å². The average molecular weight is 580 g/mol. The molecule has 2 aromatic heterocycles. The van der Waals surface area contributed by atoms with Crippen LogP contribution in [0.2, 0.25) is 5.02 Å². The molecule has 1 saturated heterocycles. The van der Waals surface area contributed by atoms with Crippen LogP contribution in [0.15, 0.2) is 89.9 Å². The van der Waals surface area contributed by atoms with Crippen LogP contribution < -0.4 is 10.9 Å². The number of carbonyl (C=O) groups excluding carboxylic acids is 1. The van der Waals surface area contributed by atoms with Gasteiger partial charge in [-0.15, -0.1) is 0 Å². The Bertz CT molecular complexity index is 1790. The molecule has 3 aromatic carbocycles. The molecule has 1 fully saturated rings. The van der Waals surface area contributed by atoms with Gasteiger partial charge in [0.25, 0.3) is 11.5 Å². The van der Waals surface area contributed by atoms with Crippen LogP contribution in [0.25, 0.3) is 38.6 Å². The number of carbonyl (C=O) groups is 1. The lowest BCUT2D eigenvalue weighted by Gasteiger charge is -2.33. The van der Waals surface area contributed by atoms with E-state index in [9.17, 15) is 9.59 Å². The third-order valence-corrected chi connectivity index (χ3v) is 8.32. The standard InChI is InChI=1S/C34H34ClN5O2/c1-38(2)19-20-39-17-15-28(16-18-39)37-34(42)24-5-11-29(12-6-24)40-32(41)14-8-26-22-36-31-13-7-25(21-30(31)33(26)40)23-3-9-27(35)10-4-23/h3-14,21-22,28H,15-20H2,1-2H3,(H,37,42). The van der Waals surface area contributed by atoms with Crippen molar-refractivity contribution in [2.75, 3.05) is 40.3 Å². The van der Waals surface area contributed by atoms with Gasteiger partial charge in [-0.25, -0.2) is 0 Å². The van der Waals surface area contributed by atoms with E-state index in [-0.39, 0.29) is 17.5 Å². The lowest BCUT2D eigenvalue weighted by molar-refractivity contribution is 0.0909. The number of fused-ring (bicyclic) bond motifs is 3. The first-order valence-corrected chi connectivity index (χ1v) is 14.7. The molecule has 0 bridgehead atoms. The van der Waals surface area contributed by atoms with Crippen molar-refractivity contribution in [3.63, 3.8) is 0 Å². The Hall–Kier alpha value is -4.04. The average Bonchev–Trinajstić information content (AvgIpc) is 3.01. The molecule has 1 aliphatic heterocycles. The number of nitrogens with zero attached hydrogens (tertiary/aromatic N) is 4. The quantitative estimate of drug-likeness (QED) is 0.254. The van der Waals surface area contributed by atoms with Gasteiger partial charge >= 0.3 is 0 Å². The number of nitrogens with one attached hydrogen (secondary N) is 1. The number of piperidine rings is 1. The summed E-state index contributed by atoms with van der Waals surface area (Å²) in [5.41, 5.74) is 4.74. The topological polar surface area (TPSA) is 70.5 Å². The van der Waals surface area contributed by atoms with Crippen LogP contribution in [0.1, 0.15) is 23.2 Å². The van der Waals surface area contributed by atoms with E-state index in [1.807, 2.05) is 54.6 Å². The van der Waals surface area contributed by atoms with Crippen LogP contribution in [0.4, 0.5) is 0 Å². The highest BCUT2D eigenvalue weighted by atomic mass is 35.5. The summed E-state index contributed by atoms with van der Waals surface area (Å²) in [5, 5.41) is 5.62. The third-order valence-electron chi connectivity index (χ3n) is 8.07. The Morgan fingerprint density at radius 3 is 2.38 bits per heavy atom. The van der Waals surface area contributed by atoms with Crippen molar-refractivity contribution >= 4 is 39.3 Å². The number of benzene rings is 3. The summed E-state index contributed by atoms with van der Waals surface area (Å²) in [6.45, 7) is 4.07. The van der Waals surface area contributed by atoms with Gasteiger partial charge in [0.15, 0.2) is 0 Å². The maximum absolute atomic E-state index is 13.3. The van der Waals surface area contributed by atoms with Gasteiger partial charge in [-0.2, -0.15) is 0 Å². The molecule has 1 amide bonds. The molecule has 8 heteroatoms. The smallest absolute Gasteiger partial charge is 0.255 e. The van der Waals surface area contributed by atoms with Crippen molar-refractivity contribution in [1.29, 1.82) is 0 Å². The number of pyridine rings is 2. The maximum Gasteiger partial charge on any atom is 0.255 e. The molecule has 0 atom stereocenters. The fraction of sp³-hybridized carbons (Fsp3) is 0.265. The minimum atomic E-state index is -0.148. The zero-order valence-corrected chi connectivity index (χ0v) is 24.6. The minimum Gasteiger partial charge on any atom is -0.349 e. The molecule has 0 aliphatic carbocycles. The second kappa shape index (κ2) is 12.1. The summed E-state index contributed by atoms with van der Waals surface area (Å²) in [6, 6.07) is 24.6.